The Morgan fingerprint density at radius 2 is 1.61 bits per heavy atom. The van der Waals surface area contributed by atoms with Gasteiger partial charge in [-0.25, -0.2) is 9.78 Å². The molecule has 0 unspecified atom stereocenters. The Labute approximate surface area is 216 Å². The van der Waals surface area contributed by atoms with Crippen LogP contribution in [0, 0.1) is 0 Å². The van der Waals surface area contributed by atoms with Gasteiger partial charge >= 0.3 is 5.97 Å². The first-order valence-corrected chi connectivity index (χ1v) is 13.0. The van der Waals surface area contributed by atoms with Gasteiger partial charge < -0.3 is 15.2 Å². The topological polar surface area (TPSA) is 71.5 Å². The SMILES string of the molecule is CCC(C)(C)c1ccc(OCc2ccc(-c3csc(CNCc4ccc(C(=O)O)cc4)n3)cc2)cc1. The van der Waals surface area contributed by atoms with Gasteiger partial charge in [0, 0.05) is 24.0 Å². The second-order valence-corrected chi connectivity index (χ2v) is 10.4. The van der Waals surface area contributed by atoms with Gasteiger partial charge in [0.15, 0.2) is 0 Å². The van der Waals surface area contributed by atoms with Crippen LogP contribution in [0.15, 0.2) is 78.2 Å². The van der Waals surface area contributed by atoms with E-state index >= 15 is 0 Å². The van der Waals surface area contributed by atoms with E-state index < -0.39 is 5.97 Å². The van der Waals surface area contributed by atoms with Crippen LogP contribution in [0.25, 0.3) is 11.3 Å². The van der Waals surface area contributed by atoms with Crippen molar-refractivity contribution >= 4 is 17.3 Å². The number of thiazole rings is 1. The van der Waals surface area contributed by atoms with Gasteiger partial charge in [-0.05, 0) is 52.8 Å². The quantitative estimate of drug-likeness (QED) is 0.231. The van der Waals surface area contributed by atoms with E-state index in [1.807, 2.05) is 12.1 Å². The van der Waals surface area contributed by atoms with E-state index in [9.17, 15) is 4.79 Å². The Hall–Kier alpha value is -3.48. The van der Waals surface area contributed by atoms with E-state index in [0.29, 0.717) is 25.3 Å². The minimum atomic E-state index is -0.910. The van der Waals surface area contributed by atoms with E-state index in [2.05, 4.69) is 80.0 Å². The predicted molar refractivity (Wildman–Crippen MR) is 146 cm³/mol. The van der Waals surface area contributed by atoms with E-state index in [0.717, 1.165) is 39.6 Å². The third-order valence-electron chi connectivity index (χ3n) is 6.53. The van der Waals surface area contributed by atoms with E-state index in [4.69, 9.17) is 14.8 Å². The molecule has 1 heterocycles. The number of carbonyl (C=O) groups is 1. The summed E-state index contributed by atoms with van der Waals surface area (Å²) in [7, 11) is 0. The van der Waals surface area contributed by atoms with Gasteiger partial charge in [-0.3, -0.25) is 0 Å². The first-order valence-electron chi connectivity index (χ1n) is 12.1. The van der Waals surface area contributed by atoms with E-state index in [1.54, 1.807) is 23.5 Å². The van der Waals surface area contributed by atoms with Crippen LogP contribution in [-0.2, 0) is 25.1 Å². The number of hydrogen-bond acceptors (Lipinski definition) is 5. The molecule has 186 valence electrons. The Kier molecular flexibility index (Phi) is 8.18. The van der Waals surface area contributed by atoms with Gasteiger partial charge in [-0.2, -0.15) is 0 Å². The molecule has 0 aliphatic heterocycles. The number of aromatic carboxylic acids is 1. The number of benzene rings is 3. The first kappa shape index (κ1) is 25.6. The molecule has 0 aliphatic rings. The Balaban J connectivity index is 1.27. The lowest BCUT2D eigenvalue weighted by molar-refractivity contribution is 0.0697. The van der Waals surface area contributed by atoms with Crippen molar-refractivity contribution in [1.82, 2.24) is 10.3 Å². The number of rotatable bonds is 11. The average molecular weight is 501 g/mol. The zero-order valence-corrected chi connectivity index (χ0v) is 21.8. The molecule has 6 heteroatoms. The van der Waals surface area contributed by atoms with Crippen molar-refractivity contribution in [3.05, 3.63) is 105 Å². The van der Waals surface area contributed by atoms with Crippen molar-refractivity contribution in [1.29, 1.82) is 0 Å². The first-order chi connectivity index (χ1) is 17.3. The van der Waals surface area contributed by atoms with Crippen molar-refractivity contribution in [2.45, 2.75) is 52.3 Å². The molecule has 0 aliphatic carbocycles. The highest BCUT2D eigenvalue weighted by molar-refractivity contribution is 7.09. The van der Waals surface area contributed by atoms with Crippen molar-refractivity contribution in [2.24, 2.45) is 0 Å². The lowest BCUT2D eigenvalue weighted by Gasteiger charge is -2.23. The third-order valence-corrected chi connectivity index (χ3v) is 7.38. The van der Waals surface area contributed by atoms with Gasteiger partial charge in [0.1, 0.15) is 17.4 Å². The molecule has 0 fully saturated rings. The van der Waals surface area contributed by atoms with Crippen LogP contribution in [0.1, 0.15) is 59.2 Å². The summed E-state index contributed by atoms with van der Waals surface area (Å²) in [6, 6.07) is 23.7. The summed E-state index contributed by atoms with van der Waals surface area (Å²) in [5.41, 5.74) is 5.99. The molecule has 1 aromatic heterocycles. The van der Waals surface area contributed by atoms with Crippen LogP contribution in [-0.4, -0.2) is 16.1 Å². The summed E-state index contributed by atoms with van der Waals surface area (Å²) in [6.45, 7) is 8.57. The standard InChI is InChI=1S/C30H32N2O3S/c1-4-30(2,3)25-13-15-26(16-14-25)35-19-22-7-9-23(10-8-22)27-20-36-28(32-27)18-31-17-21-5-11-24(12-6-21)29(33)34/h5-16,20,31H,4,17-19H2,1-3H3,(H,33,34). The van der Waals surface area contributed by atoms with Crippen LogP contribution >= 0.6 is 11.3 Å². The van der Waals surface area contributed by atoms with Crippen LogP contribution in [0.3, 0.4) is 0 Å². The highest BCUT2D eigenvalue weighted by Gasteiger charge is 2.17. The molecule has 0 saturated carbocycles. The summed E-state index contributed by atoms with van der Waals surface area (Å²) < 4.78 is 5.99. The number of carboxylic acids is 1. The zero-order valence-electron chi connectivity index (χ0n) is 21.0. The van der Waals surface area contributed by atoms with E-state index in [-0.39, 0.29) is 5.41 Å². The fourth-order valence-corrected chi connectivity index (χ4v) is 4.52. The Morgan fingerprint density at radius 3 is 2.25 bits per heavy atom. The molecule has 0 spiro atoms. The summed E-state index contributed by atoms with van der Waals surface area (Å²) in [6.07, 6.45) is 1.10. The molecule has 0 atom stereocenters. The average Bonchev–Trinajstić information content (AvgIpc) is 3.37. The van der Waals surface area contributed by atoms with Gasteiger partial charge in [0.2, 0.25) is 0 Å². The Bertz CT molecular complexity index is 1280. The van der Waals surface area contributed by atoms with Crippen molar-refractivity contribution in [3.8, 4) is 17.0 Å². The monoisotopic (exact) mass is 500 g/mol. The molecule has 4 aromatic rings. The number of aromatic nitrogens is 1. The maximum atomic E-state index is 11.0. The molecule has 4 rings (SSSR count). The molecule has 3 aromatic carbocycles. The highest BCUT2D eigenvalue weighted by Crippen LogP contribution is 2.28. The highest BCUT2D eigenvalue weighted by atomic mass is 32.1. The second kappa shape index (κ2) is 11.5. The fraction of sp³-hybridized carbons (Fsp3) is 0.267. The lowest BCUT2D eigenvalue weighted by Crippen LogP contribution is -2.15. The molecule has 2 N–H and O–H groups in total. The zero-order chi connectivity index (χ0) is 25.5. The van der Waals surface area contributed by atoms with Crippen LogP contribution < -0.4 is 10.1 Å². The summed E-state index contributed by atoms with van der Waals surface area (Å²) in [4.78, 5) is 15.7. The van der Waals surface area contributed by atoms with Crippen molar-refractivity contribution < 1.29 is 14.6 Å². The summed E-state index contributed by atoms with van der Waals surface area (Å²) >= 11 is 1.63. The third kappa shape index (κ3) is 6.59. The van der Waals surface area contributed by atoms with Gasteiger partial charge in [0.05, 0.1) is 11.3 Å². The molecule has 0 amide bonds. The molecule has 5 nitrogen and oxygen atoms in total. The molecular formula is C30H32N2O3S. The molecular weight excluding hydrogens is 468 g/mol. The number of ether oxygens (including phenoxy) is 1. The number of hydrogen-bond donors (Lipinski definition) is 2. The lowest BCUT2D eigenvalue weighted by atomic mass is 9.82. The fourth-order valence-electron chi connectivity index (χ4n) is 3.75. The number of carboxylic acid groups (broad SMARTS) is 1. The molecule has 36 heavy (non-hydrogen) atoms. The van der Waals surface area contributed by atoms with Crippen LogP contribution in [0.4, 0.5) is 0 Å². The molecule has 0 radical (unpaired) electrons. The minimum Gasteiger partial charge on any atom is -0.489 e. The second-order valence-electron chi connectivity index (χ2n) is 9.48. The maximum Gasteiger partial charge on any atom is 0.335 e. The van der Waals surface area contributed by atoms with Crippen molar-refractivity contribution in [3.63, 3.8) is 0 Å². The van der Waals surface area contributed by atoms with Gasteiger partial charge in [0.25, 0.3) is 0 Å². The Morgan fingerprint density at radius 1 is 0.944 bits per heavy atom. The smallest absolute Gasteiger partial charge is 0.335 e. The van der Waals surface area contributed by atoms with Crippen molar-refractivity contribution in [2.75, 3.05) is 0 Å². The predicted octanol–water partition coefficient (Wildman–Crippen LogP) is 7.06. The number of nitrogens with zero attached hydrogens (tertiary/aromatic N) is 1. The normalized spacial score (nSPS) is 11.4. The largest absolute Gasteiger partial charge is 0.489 e. The van der Waals surface area contributed by atoms with E-state index in [1.165, 1.54) is 5.56 Å². The summed E-state index contributed by atoms with van der Waals surface area (Å²) in [5, 5.41) is 15.4. The molecule has 0 bridgehead atoms. The van der Waals surface area contributed by atoms with Crippen LogP contribution in [0.5, 0.6) is 5.75 Å². The van der Waals surface area contributed by atoms with Crippen LogP contribution in [0.2, 0.25) is 0 Å². The summed E-state index contributed by atoms with van der Waals surface area (Å²) in [5.74, 6) is -0.0316. The minimum absolute atomic E-state index is 0.176. The maximum absolute atomic E-state index is 11.0. The molecule has 0 saturated heterocycles. The van der Waals surface area contributed by atoms with Gasteiger partial charge in [-0.15, -0.1) is 11.3 Å². The number of nitrogens with one attached hydrogen (secondary N) is 1. The van der Waals surface area contributed by atoms with Gasteiger partial charge in [-0.1, -0.05) is 69.3 Å².